The van der Waals surface area contributed by atoms with Crippen LogP contribution in [-0.2, 0) is 11.3 Å². The fourth-order valence-electron chi connectivity index (χ4n) is 2.32. The van der Waals surface area contributed by atoms with Crippen molar-refractivity contribution in [2.24, 2.45) is 0 Å². The van der Waals surface area contributed by atoms with Crippen LogP contribution in [0.25, 0.3) is 0 Å². The largest absolute Gasteiger partial charge is 0.396 e. The topological polar surface area (TPSA) is 32.7 Å². The minimum atomic E-state index is 0.235. The van der Waals surface area contributed by atoms with Gasteiger partial charge in [-0.05, 0) is 18.4 Å². The molecule has 1 aliphatic heterocycles. The molecule has 1 aliphatic rings. The van der Waals surface area contributed by atoms with Crippen molar-refractivity contribution >= 4 is 0 Å². The molecule has 0 radical (unpaired) electrons. The molecule has 1 saturated heterocycles. The lowest BCUT2D eigenvalue weighted by Crippen LogP contribution is -2.37. The molecule has 0 spiro atoms. The van der Waals surface area contributed by atoms with Gasteiger partial charge in [-0.3, -0.25) is 4.90 Å². The third-order valence-electron chi connectivity index (χ3n) is 3.25. The molecule has 1 aromatic carbocycles. The molecule has 0 bridgehead atoms. The molecule has 1 atom stereocenters. The van der Waals surface area contributed by atoms with Crippen molar-refractivity contribution in [2.75, 3.05) is 26.4 Å². The SMILES string of the molecule is OCC[C@@H]1COCCCN1Cc1ccccc1. The van der Waals surface area contributed by atoms with Crippen molar-refractivity contribution < 1.29 is 9.84 Å². The van der Waals surface area contributed by atoms with E-state index in [4.69, 9.17) is 9.84 Å². The first-order chi connectivity index (χ1) is 8.40. The summed E-state index contributed by atoms with van der Waals surface area (Å²) in [6.45, 7) is 3.83. The van der Waals surface area contributed by atoms with Crippen LogP contribution < -0.4 is 0 Å². The monoisotopic (exact) mass is 235 g/mol. The highest BCUT2D eigenvalue weighted by atomic mass is 16.5. The summed E-state index contributed by atoms with van der Waals surface area (Å²) in [7, 11) is 0. The summed E-state index contributed by atoms with van der Waals surface area (Å²) in [5.41, 5.74) is 1.33. The second-order valence-corrected chi connectivity index (χ2v) is 4.55. The van der Waals surface area contributed by atoms with Crippen LogP contribution in [0.15, 0.2) is 30.3 Å². The fourth-order valence-corrected chi connectivity index (χ4v) is 2.32. The molecule has 1 heterocycles. The number of benzene rings is 1. The molecule has 1 fully saturated rings. The standard InChI is InChI=1S/C14H21NO2/c16-9-7-14-12-17-10-4-8-15(14)11-13-5-2-1-3-6-13/h1-3,5-6,14,16H,4,7-12H2/t14-/m1/s1. The zero-order valence-corrected chi connectivity index (χ0v) is 10.2. The Morgan fingerprint density at radius 2 is 2.12 bits per heavy atom. The molecular formula is C14H21NO2. The summed E-state index contributed by atoms with van der Waals surface area (Å²) in [5.74, 6) is 0. The van der Waals surface area contributed by atoms with E-state index < -0.39 is 0 Å². The van der Waals surface area contributed by atoms with Gasteiger partial charge in [-0.1, -0.05) is 30.3 Å². The van der Waals surface area contributed by atoms with E-state index in [1.54, 1.807) is 0 Å². The first-order valence-corrected chi connectivity index (χ1v) is 6.36. The van der Waals surface area contributed by atoms with Crippen LogP contribution in [0.3, 0.4) is 0 Å². The summed E-state index contributed by atoms with van der Waals surface area (Å²) >= 11 is 0. The third kappa shape index (κ3) is 3.80. The molecule has 0 aromatic heterocycles. The average molecular weight is 235 g/mol. The lowest BCUT2D eigenvalue weighted by Gasteiger charge is -2.28. The van der Waals surface area contributed by atoms with Crippen LogP contribution in [0.4, 0.5) is 0 Å². The van der Waals surface area contributed by atoms with Gasteiger partial charge in [0.05, 0.1) is 6.61 Å². The van der Waals surface area contributed by atoms with E-state index in [9.17, 15) is 0 Å². The summed E-state index contributed by atoms with van der Waals surface area (Å²) in [5, 5.41) is 9.11. The summed E-state index contributed by atoms with van der Waals surface area (Å²) in [6, 6.07) is 10.8. The molecule has 0 unspecified atom stereocenters. The Morgan fingerprint density at radius 1 is 1.29 bits per heavy atom. The lowest BCUT2D eigenvalue weighted by atomic mass is 10.1. The van der Waals surface area contributed by atoms with Crippen LogP contribution >= 0.6 is 0 Å². The van der Waals surface area contributed by atoms with Gasteiger partial charge in [0, 0.05) is 32.3 Å². The van der Waals surface area contributed by atoms with Gasteiger partial charge in [-0.2, -0.15) is 0 Å². The van der Waals surface area contributed by atoms with Gasteiger partial charge in [-0.25, -0.2) is 0 Å². The van der Waals surface area contributed by atoms with Gasteiger partial charge < -0.3 is 9.84 Å². The minimum absolute atomic E-state index is 0.235. The molecule has 94 valence electrons. The van der Waals surface area contributed by atoms with Crippen LogP contribution in [0, 0.1) is 0 Å². The summed E-state index contributed by atoms with van der Waals surface area (Å²) in [6.07, 6.45) is 1.88. The number of rotatable bonds is 4. The average Bonchev–Trinajstić information content (AvgIpc) is 2.57. The van der Waals surface area contributed by atoms with Crippen molar-refractivity contribution in [1.82, 2.24) is 4.90 Å². The predicted octanol–water partition coefficient (Wildman–Crippen LogP) is 1.66. The van der Waals surface area contributed by atoms with Gasteiger partial charge in [0.15, 0.2) is 0 Å². The molecule has 1 aromatic rings. The zero-order chi connectivity index (χ0) is 11.9. The van der Waals surface area contributed by atoms with Crippen molar-refractivity contribution in [3.63, 3.8) is 0 Å². The van der Waals surface area contributed by atoms with Gasteiger partial charge in [-0.15, -0.1) is 0 Å². The second-order valence-electron chi connectivity index (χ2n) is 4.55. The highest BCUT2D eigenvalue weighted by molar-refractivity contribution is 5.14. The molecule has 3 nitrogen and oxygen atoms in total. The van der Waals surface area contributed by atoms with E-state index in [0.29, 0.717) is 6.04 Å². The van der Waals surface area contributed by atoms with Crippen molar-refractivity contribution in [3.8, 4) is 0 Å². The number of aliphatic hydroxyl groups excluding tert-OH is 1. The first-order valence-electron chi connectivity index (χ1n) is 6.36. The van der Waals surface area contributed by atoms with E-state index in [0.717, 1.165) is 39.1 Å². The van der Waals surface area contributed by atoms with E-state index in [2.05, 4.69) is 29.2 Å². The Hall–Kier alpha value is -0.900. The Labute approximate surface area is 103 Å². The highest BCUT2D eigenvalue weighted by Crippen LogP contribution is 2.14. The van der Waals surface area contributed by atoms with E-state index in [1.807, 2.05) is 6.07 Å². The Bertz CT molecular complexity index is 315. The molecule has 0 amide bonds. The Balaban J connectivity index is 1.99. The molecule has 0 aliphatic carbocycles. The molecule has 17 heavy (non-hydrogen) atoms. The van der Waals surface area contributed by atoms with Crippen molar-refractivity contribution in [1.29, 1.82) is 0 Å². The zero-order valence-electron chi connectivity index (χ0n) is 10.2. The predicted molar refractivity (Wildman–Crippen MR) is 67.8 cm³/mol. The molecular weight excluding hydrogens is 214 g/mol. The maximum Gasteiger partial charge on any atom is 0.0622 e. The smallest absolute Gasteiger partial charge is 0.0622 e. The number of aliphatic hydroxyl groups is 1. The van der Waals surface area contributed by atoms with Crippen LogP contribution in [-0.4, -0.2) is 42.4 Å². The van der Waals surface area contributed by atoms with Gasteiger partial charge >= 0.3 is 0 Å². The van der Waals surface area contributed by atoms with Crippen LogP contribution in [0.5, 0.6) is 0 Å². The second kappa shape index (κ2) is 6.74. The highest BCUT2D eigenvalue weighted by Gasteiger charge is 2.20. The van der Waals surface area contributed by atoms with E-state index in [1.165, 1.54) is 5.56 Å². The molecule has 0 saturated carbocycles. The number of hydrogen-bond acceptors (Lipinski definition) is 3. The lowest BCUT2D eigenvalue weighted by molar-refractivity contribution is 0.0818. The van der Waals surface area contributed by atoms with Gasteiger partial charge in [0.25, 0.3) is 0 Å². The summed E-state index contributed by atoms with van der Waals surface area (Å²) < 4.78 is 5.57. The maximum atomic E-state index is 9.11. The number of hydrogen-bond donors (Lipinski definition) is 1. The fraction of sp³-hybridized carbons (Fsp3) is 0.571. The number of nitrogens with zero attached hydrogens (tertiary/aromatic N) is 1. The Morgan fingerprint density at radius 3 is 2.88 bits per heavy atom. The quantitative estimate of drug-likeness (QED) is 0.861. The molecule has 1 N–H and O–H groups in total. The maximum absolute atomic E-state index is 9.11. The van der Waals surface area contributed by atoms with E-state index in [-0.39, 0.29) is 6.61 Å². The van der Waals surface area contributed by atoms with Gasteiger partial charge in [0.2, 0.25) is 0 Å². The van der Waals surface area contributed by atoms with Gasteiger partial charge in [0.1, 0.15) is 0 Å². The minimum Gasteiger partial charge on any atom is -0.396 e. The molecule has 2 rings (SSSR count). The number of ether oxygens (including phenoxy) is 1. The normalized spacial score (nSPS) is 22.3. The third-order valence-corrected chi connectivity index (χ3v) is 3.25. The Kier molecular flexibility index (Phi) is 4.98. The molecule has 3 heteroatoms. The van der Waals surface area contributed by atoms with Crippen LogP contribution in [0.1, 0.15) is 18.4 Å². The van der Waals surface area contributed by atoms with Crippen LogP contribution in [0.2, 0.25) is 0 Å². The van der Waals surface area contributed by atoms with Crippen molar-refractivity contribution in [3.05, 3.63) is 35.9 Å². The van der Waals surface area contributed by atoms with Crippen molar-refractivity contribution in [2.45, 2.75) is 25.4 Å². The first kappa shape index (κ1) is 12.6. The van der Waals surface area contributed by atoms with E-state index >= 15 is 0 Å². The summed E-state index contributed by atoms with van der Waals surface area (Å²) in [4.78, 5) is 2.43.